The molecule has 3 aromatic rings. The second kappa shape index (κ2) is 8.62. The first-order chi connectivity index (χ1) is 15.0. The van der Waals surface area contributed by atoms with Crippen LogP contribution in [0.1, 0.15) is 43.2 Å². The van der Waals surface area contributed by atoms with Crippen molar-refractivity contribution in [3.63, 3.8) is 0 Å². The number of ether oxygens (including phenoxy) is 1. The average Bonchev–Trinajstić information content (AvgIpc) is 3.04. The van der Waals surface area contributed by atoms with Crippen LogP contribution < -0.4 is 5.56 Å². The minimum absolute atomic E-state index is 0.388. The van der Waals surface area contributed by atoms with Crippen LogP contribution in [0.3, 0.4) is 0 Å². The Morgan fingerprint density at radius 3 is 2.31 bits per heavy atom. The van der Waals surface area contributed by atoms with Crippen LogP contribution in [0.2, 0.25) is 0 Å². The molecule has 0 spiro atoms. The summed E-state index contributed by atoms with van der Waals surface area (Å²) in [4.78, 5) is 48.1. The van der Waals surface area contributed by atoms with Crippen molar-refractivity contribution in [3.8, 4) is 5.69 Å². The molecule has 0 bridgehead atoms. The zero-order chi connectivity index (χ0) is 23.7. The van der Waals surface area contributed by atoms with Gasteiger partial charge in [0.05, 0.1) is 24.8 Å². The summed E-state index contributed by atoms with van der Waals surface area (Å²) in [6.07, 6.45) is 0.954. The second-order valence-electron chi connectivity index (χ2n) is 7.61. The Labute approximate surface area is 184 Å². The van der Waals surface area contributed by atoms with Gasteiger partial charge in [0.1, 0.15) is 5.56 Å². The molecule has 0 unspecified atom stereocenters. The third kappa shape index (κ3) is 4.09. The number of rotatable bonds is 6. The van der Waals surface area contributed by atoms with E-state index in [1.807, 2.05) is 43.5 Å². The fourth-order valence-corrected chi connectivity index (χ4v) is 3.64. The third-order valence-electron chi connectivity index (χ3n) is 5.48. The van der Waals surface area contributed by atoms with Gasteiger partial charge in [-0.15, -0.1) is 0 Å². The summed E-state index contributed by atoms with van der Waals surface area (Å²) in [5, 5.41) is 11.2. The minimum atomic E-state index is -1.01. The Morgan fingerprint density at radius 1 is 1.03 bits per heavy atom. The average molecular weight is 437 g/mol. The number of Topliss-reactive ketones (excluding diaryl/α,β-unsaturated/α-hetero) is 1. The van der Waals surface area contributed by atoms with Gasteiger partial charge in [0, 0.05) is 28.7 Å². The monoisotopic (exact) mass is 437 g/mol. The predicted octanol–water partition coefficient (Wildman–Crippen LogP) is 3.45. The highest BCUT2D eigenvalue weighted by Crippen LogP contribution is 2.23. The fraction of sp³-hybridized carbons (Fsp3) is 0.261. The molecule has 0 N–H and O–H groups in total. The van der Waals surface area contributed by atoms with Crippen LogP contribution in [0, 0.1) is 37.8 Å². The van der Waals surface area contributed by atoms with Crippen molar-refractivity contribution in [2.24, 2.45) is 0 Å². The maximum Gasteiger partial charge on any atom is 0.343 e. The Morgan fingerprint density at radius 2 is 1.72 bits per heavy atom. The van der Waals surface area contributed by atoms with Crippen LogP contribution in [-0.2, 0) is 11.3 Å². The van der Waals surface area contributed by atoms with Gasteiger partial charge < -0.3 is 13.9 Å². The number of methoxy groups -OCH3 is 1. The second-order valence-corrected chi connectivity index (χ2v) is 7.61. The predicted molar refractivity (Wildman–Crippen MR) is 118 cm³/mol. The highest BCUT2D eigenvalue weighted by atomic mass is 16.6. The number of nitro groups is 1. The van der Waals surface area contributed by atoms with Crippen molar-refractivity contribution in [1.29, 1.82) is 0 Å². The standard InChI is InChI=1S/C23H23N3O6/c1-13-6-7-17(8-14(13)2)25-15(3)9-19(16(25)4)21(27)12-24-11-18(26(30)31)10-20(22(24)28)23(29)32-5/h6-11H,12H2,1-5H3. The van der Waals surface area contributed by atoms with Crippen LogP contribution in [0.25, 0.3) is 5.69 Å². The van der Waals surface area contributed by atoms with Gasteiger partial charge in [-0.25, -0.2) is 4.79 Å². The number of aromatic nitrogens is 2. The van der Waals surface area contributed by atoms with E-state index in [9.17, 15) is 24.5 Å². The highest BCUT2D eigenvalue weighted by Gasteiger charge is 2.23. The number of pyridine rings is 1. The zero-order valence-electron chi connectivity index (χ0n) is 18.5. The van der Waals surface area contributed by atoms with Gasteiger partial charge in [-0.1, -0.05) is 6.07 Å². The number of ketones is 1. The van der Waals surface area contributed by atoms with Gasteiger partial charge in [-0.2, -0.15) is 0 Å². The number of nitrogens with zero attached hydrogens (tertiary/aromatic N) is 3. The highest BCUT2D eigenvalue weighted by molar-refractivity contribution is 5.97. The molecule has 0 radical (unpaired) electrons. The molecule has 0 aliphatic rings. The lowest BCUT2D eigenvalue weighted by atomic mass is 10.1. The Kier molecular flexibility index (Phi) is 6.11. The van der Waals surface area contributed by atoms with Gasteiger partial charge in [0.25, 0.3) is 11.2 Å². The molecule has 0 saturated carbocycles. The van der Waals surface area contributed by atoms with Crippen molar-refractivity contribution >= 4 is 17.4 Å². The van der Waals surface area contributed by atoms with Crippen molar-refractivity contribution < 1.29 is 19.2 Å². The van der Waals surface area contributed by atoms with E-state index < -0.39 is 40.0 Å². The van der Waals surface area contributed by atoms with Crippen molar-refractivity contribution in [2.75, 3.05) is 7.11 Å². The molecular formula is C23H23N3O6. The van der Waals surface area contributed by atoms with E-state index in [1.54, 1.807) is 13.0 Å². The van der Waals surface area contributed by atoms with Crippen molar-refractivity contribution in [3.05, 3.63) is 90.6 Å². The first-order valence-electron chi connectivity index (χ1n) is 9.82. The van der Waals surface area contributed by atoms with Crippen LogP contribution >= 0.6 is 0 Å². The number of hydrogen-bond donors (Lipinski definition) is 0. The number of carbonyl (C=O) groups excluding carboxylic acids is 2. The molecule has 0 atom stereocenters. The third-order valence-corrected chi connectivity index (χ3v) is 5.48. The lowest BCUT2D eigenvalue weighted by Crippen LogP contribution is -2.29. The maximum atomic E-state index is 13.1. The van der Waals surface area contributed by atoms with Crippen LogP contribution in [-0.4, -0.2) is 32.9 Å². The molecule has 2 heterocycles. The molecule has 3 rings (SSSR count). The fourth-order valence-electron chi connectivity index (χ4n) is 3.64. The number of carbonyl (C=O) groups is 2. The van der Waals surface area contributed by atoms with Gasteiger partial charge in [0.15, 0.2) is 5.78 Å². The van der Waals surface area contributed by atoms with E-state index >= 15 is 0 Å². The summed E-state index contributed by atoms with van der Waals surface area (Å²) >= 11 is 0. The Balaban J connectivity index is 2.04. The lowest BCUT2D eigenvalue weighted by molar-refractivity contribution is -0.385. The smallest absolute Gasteiger partial charge is 0.343 e. The molecular weight excluding hydrogens is 414 g/mol. The van der Waals surface area contributed by atoms with Gasteiger partial charge in [0.2, 0.25) is 0 Å². The van der Waals surface area contributed by atoms with Crippen LogP contribution in [0.5, 0.6) is 0 Å². The SMILES string of the molecule is COC(=O)c1cc([N+](=O)[O-])cn(CC(=O)c2cc(C)n(-c3ccc(C)c(C)c3)c2C)c1=O. The normalized spacial score (nSPS) is 10.8. The summed E-state index contributed by atoms with van der Waals surface area (Å²) < 4.78 is 7.35. The summed E-state index contributed by atoms with van der Waals surface area (Å²) in [5.41, 5.74) is 3.24. The molecule has 0 fully saturated rings. The van der Waals surface area contributed by atoms with E-state index in [0.717, 1.165) is 46.4 Å². The van der Waals surface area contributed by atoms with Crippen molar-refractivity contribution in [2.45, 2.75) is 34.2 Å². The first-order valence-corrected chi connectivity index (χ1v) is 9.82. The van der Waals surface area contributed by atoms with E-state index in [1.165, 1.54) is 0 Å². The van der Waals surface area contributed by atoms with Gasteiger partial charge in [-0.3, -0.25) is 19.7 Å². The Hall–Kier alpha value is -4.01. The quantitative estimate of drug-likeness (QED) is 0.253. The summed E-state index contributed by atoms with van der Waals surface area (Å²) in [7, 11) is 1.07. The molecule has 32 heavy (non-hydrogen) atoms. The molecule has 1 aromatic carbocycles. The van der Waals surface area contributed by atoms with E-state index in [2.05, 4.69) is 4.74 Å². The summed E-state index contributed by atoms with van der Waals surface area (Å²) in [5.74, 6) is -1.42. The van der Waals surface area contributed by atoms with Crippen LogP contribution in [0.15, 0.2) is 41.3 Å². The molecule has 9 nitrogen and oxygen atoms in total. The van der Waals surface area contributed by atoms with E-state index in [4.69, 9.17) is 0 Å². The maximum absolute atomic E-state index is 13.1. The zero-order valence-corrected chi connectivity index (χ0v) is 18.5. The summed E-state index contributed by atoms with van der Waals surface area (Å²) in [6.45, 7) is 7.23. The molecule has 0 amide bonds. The van der Waals surface area contributed by atoms with E-state index in [-0.39, 0.29) is 0 Å². The van der Waals surface area contributed by atoms with Gasteiger partial charge >= 0.3 is 5.97 Å². The topological polar surface area (TPSA) is 113 Å². The van der Waals surface area contributed by atoms with E-state index in [0.29, 0.717) is 11.3 Å². The van der Waals surface area contributed by atoms with Crippen LogP contribution in [0.4, 0.5) is 5.69 Å². The van der Waals surface area contributed by atoms with Gasteiger partial charge in [-0.05, 0) is 57.0 Å². The number of esters is 1. The molecule has 0 aliphatic carbocycles. The lowest BCUT2D eigenvalue weighted by Gasteiger charge is -2.12. The number of hydrogen-bond acceptors (Lipinski definition) is 6. The van der Waals surface area contributed by atoms with Crippen molar-refractivity contribution in [1.82, 2.24) is 9.13 Å². The minimum Gasteiger partial charge on any atom is -0.465 e. The summed E-state index contributed by atoms with van der Waals surface area (Å²) in [6, 6.07) is 8.56. The molecule has 0 aliphatic heterocycles. The number of aryl methyl sites for hydroxylation is 3. The molecule has 166 valence electrons. The largest absolute Gasteiger partial charge is 0.465 e. The molecule has 0 saturated heterocycles. The first kappa shape index (κ1) is 22.7. The number of benzene rings is 1. The molecule has 2 aromatic heterocycles. The molecule has 9 heteroatoms. The Bertz CT molecular complexity index is 1320.